The molecule has 0 saturated heterocycles. The molecular formula is C15H18O4. The normalized spacial score (nSPS) is 18.3. The van der Waals surface area contributed by atoms with E-state index in [1.807, 2.05) is 24.3 Å². The topological polar surface area (TPSA) is 74.6 Å². The zero-order valence-corrected chi connectivity index (χ0v) is 10.8. The first kappa shape index (κ1) is 13.7. The van der Waals surface area contributed by atoms with Crippen LogP contribution in [-0.2, 0) is 21.6 Å². The highest BCUT2D eigenvalue weighted by Crippen LogP contribution is 2.35. The van der Waals surface area contributed by atoms with Crippen LogP contribution in [0.3, 0.4) is 0 Å². The van der Waals surface area contributed by atoms with E-state index in [0.29, 0.717) is 32.1 Å². The first-order valence-electron chi connectivity index (χ1n) is 6.55. The number of hydrogen-bond acceptors (Lipinski definition) is 3. The first-order chi connectivity index (χ1) is 8.99. The Hall–Kier alpha value is -1.68. The van der Waals surface area contributed by atoms with Gasteiger partial charge in [-0.05, 0) is 30.4 Å². The van der Waals surface area contributed by atoms with Crippen molar-refractivity contribution in [1.29, 1.82) is 0 Å². The minimum atomic E-state index is -0.904. The van der Waals surface area contributed by atoms with Gasteiger partial charge in [-0.2, -0.15) is 0 Å². The Labute approximate surface area is 112 Å². The molecule has 2 N–H and O–H groups in total. The molecule has 0 spiro atoms. The number of carbonyl (C=O) groups excluding carboxylic acids is 1. The summed E-state index contributed by atoms with van der Waals surface area (Å²) in [5.74, 6) is -0.601. The summed E-state index contributed by atoms with van der Waals surface area (Å²) in [4.78, 5) is 21.7. The number of carboxylic acids is 1. The zero-order valence-electron chi connectivity index (χ0n) is 10.8. The molecule has 1 aliphatic rings. The summed E-state index contributed by atoms with van der Waals surface area (Å²) in [5, 5.41) is 19.2. The molecule has 0 heterocycles. The zero-order chi connectivity index (χ0) is 13.9. The summed E-state index contributed by atoms with van der Waals surface area (Å²) in [6.07, 6.45) is 2.40. The summed E-state index contributed by atoms with van der Waals surface area (Å²) < 4.78 is 0. The highest BCUT2D eigenvalue weighted by Gasteiger charge is 2.33. The van der Waals surface area contributed by atoms with Crippen LogP contribution in [-0.4, -0.2) is 22.0 Å². The van der Waals surface area contributed by atoms with Crippen LogP contribution in [0, 0.1) is 0 Å². The van der Waals surface area contributed by atoms with Gasteiger partial charge in [-0.25, -0.2) is 0 Å². The quantitative estimate of drug-likeness (QED) is 0.870. The van der Waals surface area contributed by atoms with Crippen molar-refractivity contribution in [2.75, 3.05) is 0 Å². The van der Waals surface area contributed by atoms with Crippen molar-refractivity contribution in [1.82, 2.24) is 0 Å². The van der Waals surface area contributed by atoms with Crippen molar-refractivity contribution in [2.24, 2.45) is 0 Å². The van der Waals surface area contributed by atoms with Gasteiger partial charge in [0.25, 0.3) is 0 Å². The molecule has 102 valence electrons. The standard InChI is InChI=1S/C15H18O4/c16-13-7-9-15(19,10-8-13)12-4-1-11(2-5-12)3-6-14(17)18/h1-2,4-5,19H,3,6-10H2,(H,17,18). The number of rotatable bonds is 4. The van der Waals surface area contributed by atoms with Crippen LogP contribution >= 0.6 is 0 Å². The van der Waals surface area contributed by atoms with Crippen molar-refractivity contribution in [3.8, 4) is 0 Å². The number of hydrogen-bond donors (Lipinski definition) is 2. The molecule has 1 aliphatic carbocycles. The van der Waals surface area contributed by atoms with Gasteiger partial charge in [-0.15, -0.1) is 0 Å². The van der Waals surface area contributed by atoms with Crippen molar-refractivity contribution in [2.45, 2.75) is 44.1 Å². The van der Waals surface area contributed by atoms with E-state index in [1.54, 1.807) is 0 Å². The number of carbonyl (C=O) groups is 2. The van der Waals surface area contributed by atoms with E-state index in [2.05, 4.69) is 0 Å². The molecule has 19 heavy (non-hydrogen) atoms. The molecule has 0 amide bonds. The van der Waals surface area contributed by atoms with E-state index in [-0.39, 0.29) is 12.2 Å². The van der Waals surface area contributed by atoms with Crippen LogP contribution in [0.2, 0.25) is 0 Å². The summed E-state index contributed by atoms with van der Waals surface area (Å²) in [7, 11) is 0. The van der Waals surface area contributed by atoms with Gasteiger partial charge in [0.05, 0.1) is 5.60 Å². The van der Waals surface area contributed by atoms with Crippen molar-refractivity contribution in [3.05, 3.63) is 35.4 Å². The van der Waals surface area contributed by atoms with Gasteiger partial charge in [-0.1, -0.05) is 24.3 Å². The fourth-order valence-corrected chi connectivity index (χ4v) is 2.46. The third kappa shape index (κ3) is 3.41. The number of Topliss-reactive ketones (excluding diaryl/α,β-unsaturated/α-hetero) is 1. The molecule has 1 saturated carbocycles. The van der Waals surface area contributed by atoms with Crippen LogP contribution in [0.25, 0.3) is 0 Å². The largest absolute Gasteiger partial charge is 0.481 e. The highest BCUT2D eigenvalue weighted by molar-refractivity contribution is 5.79. The van der Waals surface area contributed by atoms with Gasteiger partial charge >= 0.3 is 5.97 Å². The van der Waals surface area contributed by atoms with Crippen LogP contribution in [0.5, 0.6) is 0 Å². The molecule has 1 aromatic rings. The third-order valence-corrected chi connectivity index (χ3v) is 3.75. The number of aryl methyl sites for hydroxylation is 1. The fraction of sp³-hybridized carbons (Fsp3) is 0.467. The average molecular weight is 262 g/mol. The Morgan fingerprint density at radius 1 is 1.16 bits per heavy atom. The average Bonchev–Trinajstić information content (AvgIpc) is 2.40. The second-order valence-corrected chi connectivity index (χ2v) is 5.16. The van der Waals surface area contributed by atoms with Crippen LogP contribution in [0.4, 0.5) is 0 Å². The summed E-state index contributed by atoms with van der Waals surface area (Å²) in [5.41, 5.74) is 0.861. The fourth-order valence-electron chi connectivity index (χ4n) is 2.46. The Bertz CT molecular complexity index is 465. The number of aliphatic carboxylic acids is 1. The van der Waals surface area contributed by atoms with Crippen LogP contribution < -0.4 is 0 Å². The van der Waals surface area contributed by atoms with Crippen LogP contribution in [0.15, 0.2) is 24.3 Å². The molecular weight excluding hydrogens is 244 g/mol. The van der Waals surface area contributed by atoms with Crippen LogP contribution in [0.1, 0.15) is 43.2 Å². The molecule has 0 aliphatic heterocycles. The Kier molecular flexibility index (Phi) is 4.00. The van der Waals surface area contributed by atoms with E-state index in [1.165, 1.54) is 0 Å². The van der Waals surface area contributed by atoms with Gasteiger partial charge < -0.3 is 10.2 Å². The summed E-state index contributed by atoms with van der Waals surface area (Å²) in [6, 6.07) is 7.39. The van der Waals surface area contributed by atoms with Crippen molar-refractivity contribution >= 4 is 11.8 Å². The number of aliphatic hydroxyl groups is 1. The molecule has 0 bridgehead atoms. The van der Waals surface area contributed by atoms with Gasteiger partial charge in [0.2, 0.25) is 0 Å². The van der Waals surface area contributed by atoms with Gasteiger partial charge in [0.1, 0.15) is 5.78 Å². The lowest BCUT2D eigenvalue weighted by molar-refractivity contribution is -0.137. The monoisotopic (exact) mass is 262 g/mol. The smallest absolute Gasteiger partial charge is 0.303 e. The maximum atomic E-state index is 11.2. The second kappa shape index (κ2) is 5.53. The van der Waals surface area contributed by atoms with Gasteiger partial charge in [0, 0.05) is 19.3 Å². The van der Waals surface area contributed by atoms with Gasteiger partial charge in [-0.3, -0.25) is 9.59 Å². The molecule has 4 nitrogen and oxygen atoms in total. The second-order valence-electron chi connectivity index (χ2n) is 5.16. The predicted molar refractivity (Wildman–Crippen MR) is 69.8 cm³/mol. The van der Waals surface area contributed by atoms with E-state index >= 15 is 0 Å². The summed E-state index contributed by atoms with van der Waals surface area (Å²) in [6.45, 7) is 0. The minimum Gasteiger partial charge on any atom is -0.481 e. The van der Waals surface area contributed by atoms with E-state index in [9.17, 15) is 14.7 Å². The number of carboxylic acid groups (broad SMARTS) is 1. The van der Waals surface area contributed by atoms with E-state index in [4.69, 9.17) is 5.11 Å². The number of ketones is 1. The van der Waals surface area contributed by atoms with Crippen molar-refractivity contribution in [3.63, 3.8) is 0 Å². The molecule has 1 aromatic carbocycles. The molecule has 2 rings (SSSR count). The predicted octanol–water partition coefficient (Wildman–Crippen LogP) is 2.03. The first-order valence-corrected chi connectivity index (χ1v) is 6.55. The molecule has 4 heteroatoms. The summed E-state index contributed by atoms with van der Waals surface area (Å²) >= 11 is 0. The van der Waals surface area contributed by atoms with Crippen molar-refractivity contribution < 1.29 is 19.8 Å². The minimum absolute atomic E-state index is 0.109. The Morgan fingerprint density at radius 2 is 1.74 bits per heavy atom. The maximum absolute atomic E-state index is 11.2. The lowest BCUT2D eigenvalue weighted by Gasteiger charge is -2.32. The number of benzene rings is 1. The Balaban J connectivity index is 2.05. The lowest BCUT2D eigenvalue weighted by Crippen LogP contribution is -2.31. The third-order valence-electron chi connectivity index (χ3n) is 3.75. The van der Waals surface area contributed by atoms with Gasteiger partial charge in [0.15, 0.2) is 0 Å². The molecule has 0 radical (unpaired) electrons. The molecule has 0 atom stereocenters. The molecule has 1 fully saturated rings. The van der Waals surface area contributed by atoms with E-state index < -0.39 is 11.6 Å². The molecule has 0 aromatic heterocycles. The maximum Gasteiger partial charge on any atom is 0.303 e. The Morgan fingerprint density at radius 3 is 2.26 bits per heavy atom. The molecule has 0 unspecified atom stereocenters. The van der Waals surface area contributed by atoms with E-state index in [0.717, 1.165) is 11.1 Å². The lowest BCUT2D eigenvalue weighted by atomic mass is 9.79. The highest BCUT2D eigenvalue weighted by atomic mass is 16.4. The SMILES string of the molecule is O=C(O)CCc1ccc(C2(O)CCC(=O)CC2)cc1.